The Hall–Kier alpha value is -7.95. The van der Waals surface area contributed by atoms with Crippen molar-refractivity contribution in [2.24, 2.45) is 0 Å². The van der Waals surface area contributed by atoms with Gasteiger partial charge in [-0.15, -0.1) is 0 Å². The van der Waals surface area contributed by atoms with E-state index in [1.54, 1.807) is 0 Å². The molecule has 2 aromatic heterocycles. The lowest BCUT2D eigenvalue weighted by atomic mass is 9.87. The quantitative estimate of drug-likeness (QED) is 0.168. The fourth-order valence-electron chi connectivity index (χ4n) is 9.57. The molecule has 11 aromatic carbocycles. The number of aromatic nitrogens is 3. The summed E-state index contributed by atoms with van der Waals surface area (Å²) >= 11 is 0. The molecule has 13 aromatic rings. The van der Waals surface area contributed by atoms with Gasteiger partial charge in [-0.25, -0.2) is 15.0 Å². The summed E-state index contributed by atoms with van der Waals surface area (Å²) in [5.41, 5.74) is 6.67. The van der Waals surface area contributed by atoms with Crippen molar-refractivity contribution in [1.82, 2.24) is 15.0 Å². The molecule has 0 saturated carbocycles. The van der Waals surface area contributed by atoms with Gasteiger partial charge in [-0.3, -0.25) is 0 Å². The van der Waals surface area contributed by atoms with Crippen LogP contribution < -0.4 is 0 Å². The van der Waals surface area contributed by atoms with Crippen molar-refractivity contribution in [3.05, 3.63) is 188 Å². The normalized spacial score (nSPS) is 12.1. The summed E-state index contributed by atoms with van der Waals surface area (Å²) in [6.45, 7) is 0. The fraction of sp³-hybridized carbons (Fsp3) is 0. The van der Waals surface area contributed by atoms with Crippen LogP contribution in [0.2, 0.25) is 0 Å². The van der Waals surface area contributed by atoms with Crippen molar-refractivity contribution in [3.8, 4) is 45.3 Å². The van der Waals surface area contributed by atoms with Crippen LogP contribution in [0.3, 0.4) is 0 Å². The second kappa shape index (κ2) is 12.3. The number of rotatable bonds is 4. The summed E-state index contributed by atoms with van der Waals surface area (Å²) in [5, 5.41) is 16.8. The van der Waals surface area contributed by atoms with E-state index in [0.717, 1.165) is 55.1 Å². The lowest BCUT2D eigenvalue weighted by molar-refractivity contribution is 0.669. The Kier molecular flexibility index (Phi) is 6.69. The average Bonchev–Trinajstić information content (AvgIpc) is 3.69. The summed E-state index contributed by atoms with van der Waals surface area (Å²) in [4.78, 5) is 15.9. The minimum atomic E-state index is 0.596. The van der Waals surface area contributed by atoms with E-state index >= 15 is 0 Å². The standard InChI is InChI=1S/C55H31N3O/c1-2-10-32(11-3-1)33-22-27-37(28-23-33)53-56-54(58-55(57-53)44-19-9-21-47-52(44)43-15-4-5-20-46(43)59-47)39-30-38-29-26-36-13-7-17-41-40-16-6-12-34-24-25-35-14-8-18-42(50(35)48(34)40)45(31-39)51(38)49(36)41/h1-31H. The molecule has 0 atom stereocenters. The first-order chi connectivity index (χ1) is 29.2. The van der Waals surface area contributed by atoms with E-state index in [9.17, 15) is 0 Å². The zero-order chi connectivity index (χ0) is 38.6. The number of hydrogen-bond donors (Lipinski definition) is 0. The molecule has 59 heavy (non-hydrogen) atoms. The largest absolute Gasteiger partial charge is 0.456 e. The fourth-order valence-corrected chi connectivity index (χ4v) is 9.57. The van der Waals surface area contributed by atoms with Crippen LogP contribution in [0.1, 0.15) is 0 Å². The number of furan rings is 1. The van der Waals surface area contributed by atoms with Crippen LogP contribution in [-0.4, -0.2) is 15.0 Å². The smallest absolute Gasteiger partial charge is 0.164 e. The summed E-state index contributed by atoms with van der Waals surface area (Å²) in [6, 6.07) is 67.0. The van der Waals surface area contributed by atoms with Crippen LogP contribution in [0.25, 0.3) is 132 Å². The molecule has 4 heteroatoms. The first kappa shape index (κ1) is 32.2. The Balaban J connectivity index is 1.13. The van der Waals surface area contributed by atoms with Crippen molar-refractivity contribution in [1.29, 1.82) is 0 Å². The molecule has 13 rings (SSSR count). The Morgan fingerprint density at radius 3 is 1.46 bits per heavy atom. The second-order valence-corrected chi connectivity index (χ2v) is 15.5. The van der Waals surface area contributed by atoms with Gasteiger partial charge in [0.05, 0.1) is 0 Å². The van der Waals surface area contributed by atoms with Crippen molar-refractivity contribution < 1.29 is 4.42 Å². The van der Waals surface area contributed by atoms with E-state index in [4.69, 9.17) is 19.4 Å². The highest BCUT2D eigenvalue weighted by molar-refractivity contribution is 6.37. The molecule has 272 valence electrons. The maximum Gasteiger partial charge on any atom is 0.164 e. The van der Waals surface area contributed by atoms with Gasteiger partial charge >= 0.3 is 0 Å². The van der Waals surface area contributed by atoms with E-state index in [2.05, 4.69) is 152 Å². The number of hydrogen-bond acceptors (Lipinski definition) is 4. The van der Waals surface area contributed by atoms with Gasteiger partial charge in [-0.05, 0) is 100 Å². The van der Waals surface area contributed by atoms with Crippen LogP contribution >= 0.6 is 0 Å². The first-order valence-electron chi connectivity index (χ1n) is 20.0. The van der Waals surface area contributed by atoms with Gasteiger partial charge in [-0.1, -0.05) is 164 Å². The number of fused-ring (bicyclic) bond motifs is 5. The third-order valence-electron chi connectivity index (χ3n) is 12.2. The van der Waals surface area contributed by atoms with E-state index in [1.165, 1.54) is 59.2 Å². The molecule has 0 bridgehead atoms. The SMILES string of the molecule is c1ccc(-c2ccc(-c3nc(-c4cc5ccc6cccc7c8cccc9ccc%10cccc(c(c4)c5c67)c%10c98)nc(-c4cccc5oc6ccccc6c45)n3)cc2)cc1. The molecule has 0 unspecified atom stereocenters. The highest BCUT2D eigenvalue weighted by Crippen LogP contribution is 2.45. The molecule has 2 heterocycles. The lowest BCUT2D eigenvalue weighted by Crippen LogP contribution is -2.01. The van der Waals surface area contributed by atoms with Gasteiger partial charge in [-0.2, -0.15) is 0 Å². The molecule has 0 saturated heterocycles. The highest BCUT2D eigenvalue weighted by Gasteiger charge is 2.20. The van der Waals surface area contributed by atoms with E-state index < -0.39 is 0 Å². The van der Waals surface area contributed by atoms with E-state index in [-0.39, 0.29) is 0 Å². The molecular weight excluding hydrogens is 719 g/mol. The molecule has 0 aliphatic rings. The summed E-state index contributed by atoms with van der Waals surface area (Å²) in [5.74, 6) is 1.82. The zero-order valence-corrected chi connectivity index (χ0v) is 31.6. The zero-order valence-electron chi connectivity index (χ0n) is 31.6. The molecule has 0 amide bonds. The molecule has 0 aliphatic heterocycles. The molecule has 0 spiro atoms. The molecule has 0 fully saturated rings. The van der Waals surface area contributed by atoms with E-state index in [0.29, 0.717) is 17.5 Å². The van der Waals surface area contributed by atoms with Crippen LogP contribution in [-0.2, 0) is 0 Å². The number of nitrogens with zero attached hydrogens (tertiary/aromatic N) is 3. The Morgan fingerprint density at radius 1 is 0.271 bits per heavy atom. The molecule has 0 radical (unpaired) electrons. The summed E-state index contributed by atoms with van der Waals surface area (Å²) < 4.78 is 6.35. The van der Waals surface area contributed by atoms with Crippen molar-refractivity contribution >= 4 is 86.6 Å². The van der Waals surface area contributed by atoms with Crippen molar-refractivity contribution in [2.75, 3.05) is 0 Å². The minimum Gasteiger partial charge on any atom is -0.456 e. The van der Waals surface area contributed by atoms with Gasteiger partial charge in [0.1, 0.15) is 11.2 Å². The third kappa shape index (κ3) is 4.81. The Bertz CT molecular complexity index is 3820. The van der Waals surface area contributed by atoms with Crippen molar-refractivity contribution in [2.45, 2.75) is 0 Å². The van der Waals surface area contributed by atoms with Crippen LogP contribution in [0.5, 0.6) is 0 Å². The second-order valence-electron chi connectivity index (χ2n) is 15.5. The average molecular weight is 750 g/mol. The Morgan fingerprint density at radius 2 is 0.763 bits per heavy atom. The van der Waals surface area contributed by atoms with Crippen LogP contribution in [0, 0.1) is 0 Å². The Labute approximate surface area is 338 Å². The maximum absolute atomic E-state index is 6.35. The monoisotopic (exact) mass is 749 g/mol. The minimum absolute atomic E-state index is 0.596. The first-order valence-corrected chi connectivity index (χ1v) is 20.0. The molecule has 0 aliphatic carbocycles. The number of benzene rings is 10. The van der Waals surface area contributed by atoms with Gasteiger partial charge < -0.3 is 4.42 Å². The summed E-state index contributed by atoms with van der Waals surface area (Å²) in [7, 11) is 0. The van der Waals surface area contributed by atoms with Gasteiger partial charge in [0.2, 0.25) is 0 Å². The number of para-hydroxylation sites is 1. The van der Waals surface area contributed by atoms with E-state index in [1.807, 2.05) is 36.4 Å². The highest BCUT2D eigenvalue weighted by atomic mass is 16.3. The third-order valence-corrected chi connectivity index (χ3v) is 12.2. The predicted molar refractivity (Wildman–Crippen MR) is 245 cm³/mol. The van der Waals surface area contributed by atoms with Crippen LogP contribution in [0.4, 0.5) is 0 Å². The maximum atomic E-state index is 6.35. The van der Waals surface area contributed by atoms with Gasteiger partial charge in [0.15, 0.2) is 17.5 Å². The topological polar surface area (TPSA) is 51.8 Å². The lowest BCUT2D eigenvalue weighted by Gasteiger charge is -2.17. The van der Waals surface area contributed by atoms with Crippen LogP contribution in [0.15, 0.2) is 192 Å². The summed E-state index contributed by atoms with van der Waals surface area (Å²) in [6.07, 6.45) is 0. The molecule has 4 nitrogen and oxygen atoms in total. The predicted octanol–water partition coefficient (Wildman–Crippen LogP) is 14.8. The molecule has 0 N–H and O–H groups in total. The van der Waals surface area contributed by atoms with Gasteiger partial charge in [0, 0.05) is 27.5 Å². The van der Waals surface area contributed by atoms with Crippen molar-refractivity contribution in [3.63, 3.8) is 0 Å². The van der Waals surface area contributed by atoms with Gasteiger partial charge in [0.25, 0.3) is 0 Å². The molecular formula is C55H31N3O.